The van der Waals surface area contributed by atoms with E-state index in [9.17, 15) is 9.59 Å². The molecule has 5 atom stereocenters. The second kappa shape index (κ2) is 9.06. The van der Waals surface area contributed by atoms with Gasteiger partial charge in [-0.3, -0.25) is 14.7 Å². The normalized spacial score (nSPS) is 31.8. The Balaban J connectivity index is 1.60. The molecule has 0 radical (unpaired) electrons. The second-order valence-corrected chi connectivity index (χ2v) is 10.4. The molecular weight excluding hydrogens is 484 g/mol. The number of esters is 2. The lowest BCUT2D eigenvalue weighted by molar-refractivity contribution is -0.182. The standard InChI is InChI=1S/C30H32N2O6/c1-5-18-16-32-24-14-21(18)30(28(34)37-4,17-38-27(33)19-9-7-6-8-10-19)29(15-25(32)36-3)22-13-20(35-2)11-12-23(22)31-26(24)29/h5-13,21,24-25H,14-17H2,1-4H3/b18-5-/t21-,24-,25-,29+,30+/m0/s1. The van der Waals surface area contributed by atoms with Gasteiger partial charge in [0.05, 0.1) is 36.9 Å². The Labute approximate surface area is 222 Å². The number of piperidine rings is 2. The van der Waals surface area contributed by atoms with Gasteiger partial charge < -0.3 is 18.9 Å². The fraction of sp³-hybridized carbons (Fsp3) is 0.433. The van der Waals surface area contributed by atoms with E-state index in [1.807, 2.05) is 31.2 Å². The van der Waals surface area contributed by atoms with Crippen molar-refractivity contribution in [3.8, 4) is 5.75 Å². The van der Waals surface area contributed by atoms with Gasteiger partial charge in [0.25, 0.3) is 0 Å². The monoisotopic (exact) mass is 516 g/mol. The summed E-state index contributed by atoms with van der Waals surface area (Å²) >= 11 is 0. The van der Waals surface area contributed by atoms with Gasteiger partial charge in [-0.1, -0.05) is 29.8 Å². The molecule has 3 aliphatic heterocycles. The number of carbonyl (C=O) groups is 2. The van der Waals surface area contributed by atoms with Crippen LogP contribution in [0, 0.1) is 11.3 Å². The third-order valence-electron chi connectivity index (χ3n) is 9.17. The van der Waals surface area contributed by atoms with Crippen LogP contribution in [0.3, 0.4) is 0 Å². The summed E-state index contributed by atoms with van der Waals surface area (Å²) in [7, 11) is 4.74. The van der Waals surface area contributed by atoms with Gasteiger partial charge in [0.15, 0.2) is 0 Å². The summed E-state index contributed by atoms with van der Waals surface area (Å²) in [5.41, 5.74) is 2.00. The number of rotatable bonds is 6. The summed E-state index contributed by atoms with van der Waals surface area (Å²) in [6.07, 6.45) is 2.95. The third-order valence-corrected chi connectivity index (χ3v) is 9.17. The van der Waals surface area contributed by atoms with Crippen LogP contribution in [0.1, 0.15) is 35.7 Å². The lowest BCUT2D eigenvalue weighted by Gasteiger charge is -2.65. The maximum absolute atomic E-state index is 14.3. The van der Waals surface area contributed by atoms with Gasteiger partial charge in [0, 0.05) is 31.7 Å². The van der Waals surface area contributed by atoms with Gasteiger partial charge >= 0.3 is 11.9 Å². The fourth-order valence-corrected chi connectivity index (χ4v) is 7.51. The van der Waals surface area contributed by atoms with Crippen LogP contribution in [0.2, 0.25) is 0 Å². The van der Waals surface area contributed by atoms with Crippen molar-refractivity contribution >= 4 is 23.3 Å². The molecule has 6 rings (SSSR count). The van der Waals surface area contributed by atoms with Gasteiger partial charge in [-0.05, 0) is 49.2 Å². The summed E-state index contributed by atoms with van der Waals surface area (Å²) in [6, 6.07) is 14.6. The van der Waals surface area contributed by atoms with E-state index >= 15 is 0 Å². The van der Waals surface area contributed by atoms with Crippen molar-refractivity contribution in [2.45, 2.75) is 37.5 Å². The largest absolute Gasteiger partial charge is 0.497 e. The van der Waals surface area contributed by atoms with Crippen LogP contribution in [-0.4, -0.2) is 69.3 Å². The van der Waals surface area contributed by atoms with E-state index in [0.29, 0.717) is 30.7 Å². The molecule has 198 valence electrons. The molecule has 3 bridgehead atoms. The third kappa shape index (κ3) is 3.13. The number of ether oxygens (including phenoxy) is 4. The van der Waals surface area contributed by atoms with Crippen LogP contribution in [0.25, 0.3) is 0 Å². The molecule has 8 nitrogen and oxygen atoms in total. The molecular formula is C30H32N2O6. The number of aliphatic imine (C=N–C) groups is 1. The molecule has 0 aromatic heterocycles. The van der Waals surface area contributed by atoms with Crippen LogP contribution >= 0.6 is 0 Å². The predicted octanol–water partition coefficient (Wildman–Crippen LogP) is 4.06. The molecule has 0 spiro atoms. The van der Waals surface area contributed by atoms with E-state index in [1.54, 1.807) is 38.5 Å². The van der Waals surface area contributed by atoms with Crippen LogP contribution in [0.4, 0.5) is 5.69 Å². The Kier molecular flexibility index (Phi) is 5.92. The highest BCUT2D eigenvalue weighted by atomic mass is 16.5. The van der Waals surface area contributed by atoms with Gasteiger partial charge in [-0.15, -0.1) is 0 Å². The minimum absolute atomic E-state index is 0.0107. The van der Waals surface area contributed by atoms with Gasteiger partial charge in [0.2, 0.25) is 0 Å². The molecule has 1 saturated carbocycles. The quantitative estimate of drug-likeness (QED) is 0.423. The van der Waals surface area contributed by atoms with Crippen molar-refractivity contribution in [3.63, 3.8) is 0 Å². The van der Waals surface area contributed by atoms with Crippen molar-refractivity contribution in [3.05, 3.63) is 71.3 Å². The molecule has 3 heterocycles. The Bertz CT molecular complexity index is 1350. The van der Waals surface area contributed by atoms with Crippen molar-refractivity contribution in [1.29, 1.82) is 0 Å². The first-order valence-corrected chi connectivity index (χ1v) is 13.0. The SMILES string of the molecule is C/C=C1/CN2[C@@H](OC)C[C@]34C(=Nc5ccc(OC)cc53)[C@@H]2C[C@@H]1[C@]4(COC(=O)c1ccccc1)C(=O)OC. The molecule has 0 amide bonds. The highest BCUT2D eigenvalue weighted by molar-refractivity contribution is 6.11. The highest BCUT2D eigenvalue weighted by Crippen LogP contribution is 2.67. The van der Waals surface area contributed by atoms with E-state index in [-0.39, 0.29) is 24.8 Å². The zero-order valence-corrected chi connectivity index (χ0v) is 22.1. The molecule has 2 aromatic rings. The number of hydrogen-bond acceptors (Lipinski definition) is 8. The smallest absolute Gasteiger partial charge is 0.338 e. The maximum Gasteiger partial charge on any atom is 0.338 e. The molecule has 3 fully saturated rings. The number of hydrogen-bond donors (Lipinski definition) is 0. The average molecular weight is 517 g/mol. The Morgan fingerprint density at radius 1 is 1.13 bits per heavy atom. The minimum atomic E-state index is -1.25. The van der Waals surface area contributed by atoms with E-state index < -0.39 is 22.8 Å². The van der Waals surface area contributed by atoms with Crippen molar-refractivity contribution in [2.75, 3.05) is 34.5 Å². The van der Waals surface area contributed by atoms with Crippen LogP contribution in [0.5, 0.6) is 5.75 Å². The highest BCUT2D eigenvalue weighted by Gasteiger charge is 2.75. The molecule has 4 aliphatic rings. The molecule has 0 N–H and O–H groups in total. The molecule has 1 aliphatic carbocycles. The average Bonchev–Trinajstić information content (AvgIpc) is 3.31. The van der Waals surface area contributed by atoms with Crippen molar-refractivity contribution in [1.82, 2.24) is 4.90 Å². The van der Waals surface area contributed by atoms with E-state index in [0.717, 1.165) is 22.5 Å². The minimum Gasteiger partial charge on any atom is -0.497 e. The zero-order chi connectivity index (χ0) is 26.7. The summed E-state index contributed by atoms with van der Waals surface area (Å²) in [5.74, 6) is -0.422. The van der Waals surface area contributed by atoms with E-state index in [4.69, 9.17) is 23.9 Å². The molecule has 8 heteroatoms. The molecule has 2 aromatic carbocycles. The van der Waals surface area contributed by atoms with Crippen LogP contribution in [-0.2, 0) is 24.4 Å². The van der Waals surface area contributed by atoms with Gasteiger partial charge in [-0.2, -0.15) is 0 Å². The van der Waals surface area contributed by atoms with E-state index in [1.165, 1.54) is 7.11 Å². The van der Waals surface area contributed by atoms with Crippen molar-refractivity contribution < 1.29 is 28.5 Å². The van der Waals surface area contributed by atoms with Gasteiger partial charge in [-0.25, -0.2) is 4.79 Å². The number of allylic oxidation sites excluding steroid dienone is 1. The predicted molar refractivity (Wildman–Crippen MR) is 141 cm³/mol. The first kappa shape index (κ1) is 24.8. The second-order valence-electron chi connectivity index (χ2n) is 10.4. The number of fused-ring (bicyclic) bond motifs is 2. The Hall–Kier alpha value is -3.49. The first-order chi connectivity index (χ1) is 18.4. The topological polar surface area (TPSA) is 86.7 Å². The van der Waals surface area contributed by atoms with Crippen LogP contribution in [0.15, 0.2) is 65.2 Å². The van der Waals surface area contributed by atoms with Gasteiger partial charge in [0.1, 0.15) is 24.0 Å². The molecule has 2 saturated heterocycles. The summed E-state index contributed by atoms with van der Waals surface area (Å²) in [4.78, 5) is 35.1. The Morgan fingerprint density at radius 2 is 1.92 bits per heavy atom. The lowest BCUT2D eigenvalue weighted by Crippen LogP contribution is -2.77. The van der Waals surface area contributed by atoms with Crippen LogP contribution < -0.4 is 4.74 Å². The maximum atomic E-state index is 14.3. The molecule has 38 heavy (non-hydrogen) atoms. The molecule has 0 unspecified atom stereocenters. The zero-order valence-electron chi connectivity index (χ0n) is 22.1. The number of benzene rings is 2. The number of nitrogens with zero attached hydrogens (tertiary/aromatic N) is 2. The Morgan fingerprint density at radius 3 is 2.61 bits per heavy atom. The summed E-state index contributed by atoms with van der Waals surface area (Å²) < 4.78 is 23.4. The first-order valence-electron chi connectivity index (χ1n) is 13.0. The lowest BCUT2D eigenvalue weighted by atomic mass is 9.43. The summed E-state index contributed by atoms with van der Waals surface area (Å²) in [5, 5.41) is 0. The number of carbonyl (C=O) groups excluding carboxylic acids is 2. The summed E-state index contributed by atoms with van der Waals surface area (Å²) in [6.45, 7) is 2.50. The number of methoxy groups -OCH3 is 3. The fourth-order valence-electron chi connectivity index (χ4n) is 7.51. The van der Waals surface area contributed by atoms with E-state index in [2.05, 4.69) is 11.0 Å². The van der Waals surface area contributed by atoms with Crippen molar-refractivity contribution in [2.24, 2.45) is 16.3 Å².